The summed E-state index contributed by atoms with van der Waals surface area (Å²) in [5.41, 5.74) is 6.68. The minimum atomic E-state index is -0.932. The van der Waals surface area contributed by atoms with Crippen molar-refractivity contribution in [2.75, 3.05) is 0 Å². The molecule has 1 saturated heterocycles. The summed E-state index contributed by atoms with van der Waals surface area (Å²) < 4.78 is 0. The number of carbonyl (C=O) groups excluding carboxylic acids is 2. The molecule has 0 saturated carbocycles. The number of H-pyrrole nitrogens is 2. The number of hydrogen-bond acceptors (Lipinski definition) is 6. The molecule has 0 unspecified atom stereocenters. The van der Waals surface area contributed by atoms with Crippen molar-refractivity contribution in [2.24, 2.45) is 11.8 Å². The lowest BCUT2D eigenvalue weighted by Gasteiger charge is -2.17. The Balaban J connectivity index is 1.89. The molecule has 0 bridgehead atoms. The number of aromatic nitrogens is 2. The number of thiol groups is 2. The summed E-state index contributed by atoms with van der Waals surface area (Å²) in [6.07, 6.45) is 6.01. The van der Waals surface area contributed by atoms with Crippen LogP contribution in [0.5, 0.6) is 0 Å². The lowest BCUT2D eigenvalue weighted by atomic mass is 9.91. The highest BCUT2D eigenvalue weighted by molar-refractivity contribution is 7.84. The van der Waals surface area contributed by atoms with Crippen molar-refractivity contribution in [3.63, 3.8) is 0 Å². The number of nitrogens with one attached hydrogen (secondary N) is 4. The molecule has 1 fully saturated rings. The van der Waals surface area contributed by atoms with Crippen molar-refractivity contribution in [3.8, 4) is 0 Å². The van der Waals surface area contributed by atoms with E-state index in [9.17, 15) is 29.4 Å². The molecule has 12 heteroatoms. The van der Waals surface area contributed by atoms with E-state index in [1.54, 1.807) is 0 Å². The summed E-state index contributed by atoms with van der Waals surface area (Å²) in [7, 11) is 0. The molecule has 10 nitrogen and oxygen atoms in total. The van der Waals surface area contributed by atoms with Gasteiger partial charge < -0.3 is 30.8 Å². The number of carboxylic acids is 2. The molecule has 0 aliphatic carbocycles. The fourth-order valence-corrected chi connectivity index (χ4v) is 6.95. The molecule has 2 aliphatic rings. The zero-order valence-corrected chi connectivity index (χ0v) is 27.8. The number of carbonyl (C=O) groups is 4. The highest BCUT2D eigenvalue weighted by atomic mass is 32.1. The number of hydrogen-bond donors (Lipinski definition) is 8. The smallest absolute Gasteiger partial charge is 0.303 e. The van der Waals surface area contributed by atoms with E-state index in [1.807, 2.05) is 52.8 Å². The molecule has 0 spiro atoms. The summed E-state index contributed by atoms with van der Waals surface area (Å²) in [6.45, 7) is 13.3. The number of aliphatic carboxylic acids is 2. The van der Waals surface area contributed by atoms with E-state index in [-0.39, 0.29) is 54.6 Å². The molecule has 2 aromatic rings. The molecule has 4 atom stereocenters. The first kappa shape index (κ1) is 34.0. The Labute approximate surface area is 272 Å². The van der Waals surface area contributed by atoms with Crippen LogP contribution in [0, 0.1) is 25.7 Å². The topological polar surface area (TPSA) is 164 Å². The monoisotopic (exact) mass is 652 g/mol. The van der Waals surface area contributed by atoms with Gasteiger partial charge in [-0.2, -0.15) is 12.6 Å². The van der Waals surface area contributed by atoms with E-state index >= 15 is 0 Å². The van der Waals surface area contributed by atoms with Gasteiger partial charge in [-0.15, -0.1) is 12.6 Å². The number of aromatic amines is 2. The largest absolute Gasteiger partial charge is 0.481 e. The van der Waals surface area contributed by atoms with Gasteiger partial charge in [-0.3, -0.25) is 19.2 Å². The van der Waals surface area contributed by atoms with E-state index in [0.717, 1.165) is 44.6 Å². The van der Waals surface area contributed by atoms with Gasteiger partial charge in [0.2, 0.25) is 5.91 Å². The van der Waals surface area contributed by atoms with Gasteiger partial charge in [0, 0.05) is 62.6 Å². The van der Waals surface area contributed by atoms with E-state index in [2.05, 4.69) is 52.4 Å². The molecular weight excluding hydrogens is 613 g/mol. The Morgan fingerprint density at radius 2 is 1.58 bits per heavy atom. The molecule has 0 radical (unpaired) electrons. The number of allylic oxidation sites excluding steroid dienone is 1. The predicted molar refractivity (Wildman–Crippen MR) is 180 cm³/mol. The molecule has 240 valence electrons. The van der Waals surface area contributed by atoms with Crippen LogP contribution in [0.1, 0.15) is 67.3 Å². The molecule has 4 rings (SSSR count). The van der Waals surface area contributed by atoms with Crippen LogP contribution in [0.3, 0.4) is 0 Å². The van der Waals surface area contributed by atoms with Gasteiger partial charge >= 0.3 is 11.9 Å². The van der Waals surface area contributed by atoms with E-state index in [1.165, 1.54) is 0 Å². The van der Waals surface area contributed by atoms with E-state index in [4.69, 9.17) is 0 Å². The van der Waals surface area contributed by atoms with Crippen molar-refractivity contribution in [2.45, 2.75) is 71.6 Å². The Morgan fingerprint density at radius 1 is 0.956 bits per heavy atom. The first-order valence-electron chi connectivity index (χ1n) is 14.8. The van der Waals surface area contributed by atoms with Crippen LogP contribution in [-0.2, 0) is 32.0 Å². The fraction of sp³-hybridized carbons (Fsp3) is 0.394. The highest BCUT2D eigenvalue weighted by Crippen LogP contribution is 2.34. The SMILES string of the molecule is C=C(S)C1=C(C)[C@@H](/C=c2/[nH]/c(=C\c3[nH]c(/C=C4\NC(=O)[C@H](C)[C@H]4[C@H](C)S)c(C)c3CCC(=O)O)c(CCC(=O)O)c2C)NC1=O. The van der Waals surface area contributed by atoms with Crippen LogP contribution in [0.25, 0.3) is 18.2 Å². The molecule has 2 aromatic heterocycles. The van der Waals surface area contributed by atoms with Crippen LogP contribution in [0.2, 0.25) is 0 Å². The summed E-state index contributed by atoms with van der Waals surface area (Å²) in [5.74, 6) is -2.54. The van der Waals surface area contributed by atoms with Crippen molar-refractivity contribution in [1.82, 2.24) is 20.6 Å². The third-order valence-corrected chi connectivity index (χ3v) is 9.31. The average molecular weight is 653 g/mol. The quantitative estimate of drug-likeness (QED) is 0.174. The van der Waals surface area contributed by atoms with Gasteiger partial charge in [0.15, 0.2) is 0 Å². The third kappa shape index (κ3) is 7.17. The van der Waals surface area contributed by atoms with Crippen LogP contribution >= 0.6 is 25.3 Å². The standard InChI is InChI=1S/C33H40N4O6S2/c1-14-20(7-9-28(38)39)25(34-22(14)11-24-16(3)31(19(6)45)33(43)36-24)13-26-21(8-10-29(40)41)15(2)23(35-26)12-27-30(18(5)44)17(4)32(42)37-27/h11-13,17-18,24,30,34-35,44-45H,6-10H2,1-5H3,(H,36,43)(H,37,42)(H,38,39)(H,40,41)/b22-11+,25-13-,27-12-/t17-,18+,24-,30+/m1/s1. The van der Waals surface area contributed by atoms with Crippen LogP contribution in [-0.4, -0.2) is 55.2 Å². The van der Waals surface area contributed by atoms with Gasteiger partial charge in [-0.1, -0.05) is 20.4 Å². The fourth-order valence-electron chi connectivity index (χ4n) is 6.25. The number of rotatable bonds is 11. The molecule has 6 N–H and O–H groups in total. The summed E-state index contributed by atoms with van der Waals surface area (Å²) in [5, 5.41) is 26.2. The molecule has 0 aromatic carbocycles. The van der Waals surface area contributed by atoms with E-state index in [0.29, 0.717) is 21.5 Å². The lowest BCUT2D eigenvalue weighted by Crippen LogP contribution is -2.29. The van der Waals surface area contributed by atoms with Crippen LogP contribution < -0.4 is 21.3 Å². The Bertz CT molecular complexity index is 1780. The minimum absolute atomic E-state index is 0.0719. The maximum Gasteiger partial charge on any atom is 0.303 e. The molecule has 2 aliphatic heterocycles. The molecule has 2 amide bonds. The zero-order valence-electron chi connectivity index (χ0n) is 26.0. The second kappa shape index (κ2) is 13.6. The Morgan fingerprint density at radius 3 is 2.13 bits per heavy atom. The number of carboxylic acid groups (broad SMARTS) is 2. The van der Waals surface area contributed by atoms with Gasteiger partial charge in [-0.05, 0) is 79.7 Å². The van der Waals surface area contributed by atoms with Crippen molar-refractivity contribution < 1.29 is 29.4 Å². The molecule has 4 heterocycles. The normalized spacial score (nSPS) is 22.4. The molecular formula is C33H40N4O6S2. The molecule has 45 heavy (non-hydrogen) atoms. The van der Waals surface area contributed by atoms with Crippen LogP contribution in [0.15, 0.2) is 28.3 Å². The average Bonchev–Trinajstić information content (AvgIpc) is 3.59. The maximum absolute atomic E-state index is 12.5. The summed E-state index contributed by atoms with van der Waals surface area (Å²) in [4.78, 5) is 55.4. The van der Waals surface area contributed by atoms with Gasteiger partial charge in [0.05, 0.1) is 11.6 Å². The first-order chi connectivity index (χ1) is 21.1. The Hall–Kier alpha value is -3.90. The van der Waals surface area contributed by atoms with Crippen molar-refractivity contribution >= 4 is 67.2 Å². The predicted octanol–water partition coefficient (Wildman–Crippen LogP) is 2.90. The second-order valence-electron chi connectivity index (χ2n) is 11.8. The minimum Gasteiger partial charge on any atom is -0.481 e. The first-order valence-corrected chi connectivity index (χ1v) is 15.7. The van der Waals surface area contributed by atoms with Crippen LogP contribution in [0.4, 0.5) is 0 Å². The summed E-state index contributed by atoms with van der Waals surface area (Å²) in [6, 6.07) is -0.405. The van der Waals surface area contributed by atoms with Gasteiger partial charge in [0.25, 0.3) is 5.91 Å². The van der Waals surface area contributed by atoms with E-state index < -0.39 is 18.0 Å². The summed E-state index contributed by atoms with van der Waals surface area (Å²) >= 11 is 8.89. The van der Waals surface area contributed by atoms with Crippen molar-refractivity contribution in [3.05, 3.63) is 72.7 Å². The van der Waals surface area contributed by atoms with Gasteiger partial charge in [0.1, 0.15) is 0 Å². The van der Waals surface area contributed by atoms with Gasteiger partial charge in [-0.25, -0.2) is 0 Å². The number of amides is 2. The second-order valence-corrected chi connectivity index (χ2v) is 13.2. The third-order valence-electron chi connectivity index (χ3n) is 8.76. The Kier molecular flexibility index (Phi) is 10.3. The van der Waals surface area contributed by atoms with Crippen molar-refractivity contribution in [1.29, 1.82) is 0 Å². The maximum atomic E-state index is 12.5. The zero-order chi connectivity index (χ0) is 33.3. The lowest BCUT2D eigenvalue weighted by molar-refractivity contribution is -0.138. The highest BCUT2D eigenvalue weighted by Gasteiger charge is 2.37.